The van der Waals surface area contributed by atoms with E-state index < -0.39 is 10.0 Å². The third-order valence-electron chi connectivity index (χ3n) is 4.67. The molecule has 1 fully saturated rings. The number of amides is 1. The van der Waals surface area contributed by atoms with Crippen LogP contribution in [0.2, 0.25) is 0 Å². The van der Waals surface area contributed by atoms with E-state index in [2.05, 4.69) is 17.0 Å². The number of nitrogens with one attached hydrogen (secondary N) is 2. The molecule has 3 unspecified atom stereocenters. The van der Waals surface area contributed by atoms with Crippen LogP contribution in [0.15, 0.2) is 29.2 Å². The van der Waals surface area contributed by atoms with Crippen molar-refractivity contribution >= 4 is 15.9 Å². The van der Waals surface area contributed by atoms with E-state index >= 15 is 0 Å². The van der Waals surface area contributed by atoms with Crippen LogP contribution in [0.25, 0.3) is 0 Å². The van der Waals surface area contributed by atoms with Crippen molar-refractivity contribution in [3.8, 4) is 0 Å². The van der Waals surface area contributed by atoms with E-state index in [0.29, 0.717) is 11.5 Å². The van der Waals surface area contributed by atoms with Crippen LogP contribution in [-0.2, 0) is 10.0 Å². The van der Waals surface area contributed by atoms with Gasteiger partial charge in [-0.3, -0.25) is 4.79 Å². The van der Waals surface area contributed by atoms with Gasteiger partial charge in [0.05, 0.1) is 4.90 Å². The predicted octanol–water partition coefficient (Wildman–Crippen LogP) is 3.07. The van der Waals surface area contributed by atoms with Crippen LogP contribution in [-0.4, -0.2) is 26.4 Å². The molecule has 3 atom stereocenters. The predicted molar refractivity (Wildman–Crippen MR) is 95.4 cm³/mol. The van der Waals surface area contributed by atoms with Crippen LogP contribution in [0.3, 0.4) is 0 Å². The third kappa shape index (κ3) is 5.05. The lowest BCUT2D eigenvalue weighted by Crippen LogP contribution is -2.38. The van der Waals surface area contributed by atoms with E-state index in [1.807, 2.05) is 13.8 Å². The molecule has 0 radical (unpaired) electrons. The van der Waals surface area contributed by atoms with Gasteiger partial charge >= 0.3 is 0 Å². The molecule has 0 heterocycles. The zero-order chi connectivity index (χ0) is 17.7. The van der Waals surface area contributed by atoms with Gasteiger partial charge in [-0.05, 0) is 56.4 Å². The quantitative estimate of drug-likeness (QED) is 0.826. The zero-order valence-electron chi connectivity index (χ0n) is 14.7. The molecule has 1 aromatic rings. The van der Waals surface area contributed by atoms with Crippen molar-refractivity contribution in [1.82, 2.24) is 10.0 Å². The summed E-state index contributed by atoms with van der Waals surface area (Å²) in [5.74, 6) is 0.510. The van der Waals surface area contributed by atoms with Gasteiger partial charge in [-0.2, -0.15) is 0 Å². The van der Waals surface area contributed by atoms with Crippen molar-refractivity contribution in [2.75, 3.05) is 0 Å². The Bertz CT molecular complexity index is 655. The summed E-state index contributed by atoms with van der Waals surface area (Å²) in [5, 5.41) is 3.06. The fraction of sp³-hybridized carbons (Fsp3) is 0.611. The Balaban J connectivity index is 2.02. The highest BCUT2D eigenvalue weighted by Crippen LogP contribution is 2.23. The van der Waals surface area contributed by atoms with Crippen molar-refractivity contribution in [1.29, 1.82) is 0 Å². The van der Waals surface area contributed by atoms with Gasteiger partial charge in [-0.1, -0.05) is 26.7 Å². The lowest BCUT2D eigenvalue weighted by atomic mass is 9.87. The van der Waals surface area contributed by atoms with Crippen molar-refractivity contribution in [2.24, 2.45) is 5.92 Å². The van der Waals surface area contributed by atoms with Gasteiger partial charge in [-0.25, -0.2) is 13.1 Å². The molecular formula is C18H28N2O3S. The number of carbonyl (C=O) groups is 1. The van der Waals surface area contributed by atoms with E-state index in [0.717, 1.165) is 25.7 Å². The van der Waals surface area contributed by atoms with Crippen LogP contribution in [0, 0.1) is 5.92 Å². The minimum absolute atomic E-state index is 0.119. The number of hydrogen-bond donors (Lipinski definition) is 2. The normalized spacial score (nSPS) is 22.8. The van der Waals surface area contributed by atoms with Crippen LogP contribution < -0.4 is 10.0 Å². The summed E-state index contributed by atoms with van der Waals surface area (Å²) in [4.78, 5) is 12.5. The van der Waals surface area contributed by atoms with Gasteiger partial charge in [-0.15, -0.1) is 0 Å². The lowest BCUT2D eigenvalue weighted by Gasteiger charge is -2.27. The second-order valence-corrected chi connectivity index (χ2v) is 8.61. The van der Waals surface area contributed by atoms with E-state index in [9.17, 15) is 13.2 Å². The molecule has 134 valence electrons. The summed E-state index contributed by atoms with van der Waals surface area (Å²) in [6.07, 6.45) is 5.12. The molecule has 1 aliphatic rings. The average molecular weight is 353 g/mol. The Morgan fingerprint density at radius 3 is 2.50 bits per heavy atom. The molecular weight excluding hydrogens is 324 g/mol. The first-order chi connectivity index (χ1) is 11.3. The molecule has 0 spiro atoms. The Kier molecular flexibility index (Phi) is 6.40. The van der Waals surface area contributed by atoms with Gasteiger partial charge in [0.15, 0.2) is 0 Å². The highest BCUT2D eigenvalue weighted by atomic mass is 32.2. The molecule has 1 saturated carbocycles. The molecule has 1 amide bonds. The van der Waals surface area contributed by atoms with Crippen LogP contribution >= 0.6 is 0 Å². The van der Waals surface area contributed by atoms with E-state index in [1.165, 1.54) is 18.6 Å². The Morgan fingerprint density at radius 1 is 1.25 bits per heavy atom. The summed E-state index contributed by atoms with van der Waals surface area (Å²) in [6, 6.07) is 6.23. The molecule has 0 aromatic heterocycles. The van der Waals surface area contributed by atoms with Gasteiger partial charge in [0.1, 0.15) is 0 Å². The number of hydrogen-bond acceptors (Lipinski definition) is 3. The summed E-state index contributed by atoms with van der Waals surface area (Å²) in [5.41, 5.74) is 0.496. The third-order valence-corrected chi connectivity index (χ3v) is 6.27. The van der Waals surface area contributed by atoms with Gasteiger partial charge < -0.3 is 5.32 Å². The van der Waals surface area contributed by atoms with Crippen molar-refractivity contribution < 1.29 is 13.2 Å². The molecule has 2 N–H and O–H groups in total. The largest absolute Gasteiger partial charge is 0.349 e. The smallest absolute Gasteiger partial charge is 0.251 e. The maximum atomic E-state index is 12.3. The van der Waals surface area contributed by atoms with Gasteiger partial charge in [0, 0.05) is 17.6 Å². The van der Waals surface area contributed by atoms with E-state index in [4.69, 9.17) is 0 Å². The second kappa shape index (κ2) is 8.12. The number of rotatable bonds is 6. The maximum Gasteiger partial charge on any atom is 0.251 e. The average Bonchev–Trinajstić information content (AvgIpc) is 2.54. The van der Waals surface area contributed by atoms with Crippen molar-refractivity contribution in [3.63, 3.8) is 0 Å². The minimum atomic E-state index is -3.53. The number of sulfonamides is 1. The molecule has 0 aliphatic heterocycles. The van der Waals surface area contributed by atoms with Gasteiger partial charge in [0.2, 0.25) is 10.0 Å². The molecule has 24 heavy (non-hydrogen) atoms. The van der Waals surface area contributed by atoms with Gasteiger partial charge in [0.25, 0.3) is 5.91 Å². The standard InChI is InChI=1S/C18H28N2O3S/c1-4-14(3)20-24(22,23)17-10-8-15(9-11-17)18(21)19-16-7-5-6-13(2)12-16/h8-11,13-14,16,20H,4-7,12H2,1-3H3,(H,19,21). The Morgan fingerprint density at radius 2 is 1.92 bits per heavy atom. The van der Waals surface area contributed by atoms with E-state index in [-0.39, 0.29) is 22.9 Å². The van der Waals surface area contributed by atoms with E-state index in [1.54, 1.807) is 12.1 Å². The summed E-state index contributed by atoms with van der Waals surface area (Å²) >= 11 is 0. The molecule has 6 heteroatoms. The second-order valence-electron chi connectivity index (χ2n) is 6.90. The van der Waals surface area contributed by atoms with Crippen LogP contribution in [0.5, 0.6) is 0 Å². The number of carbonyl (C=O) groups excluding carboxylic acids is 1. The summed E-state index contributed by atoms with van der Waals surface area (Å²) in [7, 11) is -3.53. The monoisotopic (exact) mass is 352 g/mol. The SMILES string of the molecule is CCC(C)NS(=O)(=O)c1ccc(C(=O)NC2CCCC(C)C2)cc1. The first kappa shape index (κ1) is 18.9. The summed E-state index contributed by atoms with van der Waals surface area (Å²) in [6.45, 7) is 5.96. The van der Waals surface area contributed by atoms with Crippen molar-refractivity contribution in [3.05, 3.63) is 29.8 Å². The fourth-order valence-electron chi connectivity index (χ4n) is 3.04. The maximum absolute atomic E-state index is 12.3. The van der Waals surface area contributed by atoms with Crippen LogP contribution in [0.4, 0.5) is 0 Å². The molecule has 1 aromatic carbocycles. The lowest BCUT2D eigenvalue weighted by molar-refractivity contribution is 0.0921. The fourth-order valence-corrected chi connectivity index (χ4v) is 4.36. The Hall–Kier alpha value is -1.40. The Labute approximate surface area is 145 Å². The number of benzene rings is 1. The molecule has 0 saturated heterocycles. The highest BCUT2D eigenvalue weighted by molar-refractivity contribution is 7.89. The zero-order valence-corrected chi connectivity index (χ0v) is 15.5. The van der Waals surface area contributed by atoms with Crippen LogP contribution in [0.1, 0.15) is 63.2 Å². The first-order valence-corrected chi connectivity index (χ1v) is 10.2. The molecule has 1 aliphatic carbocycles. The minimum Gasteiger partial charge on any atom is -0.349 e. The topological polar surface area (TPSA) is 75.3 Å². The summed E-state index contributed by atoms with van der Waals surface area (Å²) < 4.78 is 27.1. The van der Waals surface area contributed by atoms with Crippen molar-refractivity contribution in [2.45, 2.75) is 69.9 Å². The molecule has 2 rings (SSSR count). The molecule has 0 bridgehead atoms. The first-order valence-electron chi connectivity index (χ1n) is 8.75. The highest BCUT2D eigenvalue weighted by Gasteiger charge is 2.21. The molecule has 5 nitrogen and oxygen atoms in total.